The summed E-state index contributed by atoms with van der Waals surface area (Å²) < 4.78 is 49.6. The normalized spacial score (nSPS) is 27.4. The highest BCUT2D eigenvalue weighted by Gasteiger charge is 2.47. The van der Waals surface area contributed by atoms with Crippen molar-refractivity contribution in [1.29, 1.82) is 0 Å². The Morgan fingerprint density at radius 2 is 2.06 bits per heavy atom. The van der Waals surface area contributed by atoms with Crippen LogP contribution in [0.1, 0.15) is 6.23 Å². The molecule has 0 radical (unpaired) electrons. The zero-order chi connectivity index (χ0) is 23.7. The lowest BCUT2D eigenvalue weighted by Gasteiger charge is -2.22. The molecule has 0 amide bonds. The number of anilines is 1. The predicted molar refractivity (Wildman–Crippen MR) is 107 cm³/mol. The standard InChI is InChI=1S/C14H23N5O11P2/c1-26-3-4-27-10-9(20)7(5-28-32(24,25)30-31(2,22)23)29-13(10)19-6-16-8-11(19)17-14(15)18-12(8)21/h6-7,9-10,13,20H,3-5H2,1-2H3,(H,22,23)(H,24,25)(H3,15,17,18,21)/t7-,9+,10?,13-/m1/s1. The molecule has 0 spiro atoms. The fraction of sp³-hybridized carbons (Fsp3) is 0.643. The third-order valence-electron chi connectivity index (χ3n) is 4.29. The maximum atomic E-state index is 12.1. The highest BCUT2D eigenvalue weighted by molar-refractivity contribution is 7.63. The number of aliphatic hydroxyl groups is 1. The van der Waals surface area contributed by atoms with Crippen molar-refractivity contribution < 1.29 is 47.1 Å². The first-order valence-corrected chi connectivity index (χ1v) is 12.6. The van der Waals surface area contributed by atoms with Crippen molar-refractivity contribution >= 4 is 32.5 Å². The molecule has 6 N–H and O–H groups in total. The van der Waals surface area contributed by atoms with Gasteiger partial charge < -0.3 is 34.8 Å². The largest absolute Gasteiger partial charge is 0.479 e. The summed E-state index contributed by atoms with van der Waals surface area (Å²) in [4.78, 5) is 41.1. The summed E-state index contributed by atoms with van der Waals surface area (Å²) in [6, 6.07) is 0. The van der Waals surface area contributed by atoms with Gasteiger partial charge >= 0.3 is 15.4 Å². The number of rotatable bonds is 10. The molecule has 6 atom stereocenters. The van der Waals surface area contributed by atoms with E-state index in [2.05, 4.69) is 19.3 Å². The molecule has 1 aliphatic heterocycles. The molecule has 16 nitrogen and oxygen atoms in total. The van der Waals surface area contributed by atoms with Crippen LogP contribution in [0.3, 0.4) is 0 Å². The summed E-state index contributed by atoms with van der Waals surface area (Å²) in [5.41, 5.74) is 5.02. The lowest BCUT2D eigenvalue weighted by atomic mass is 10.1. The number of aromatic nitrogens is 4. The highest BCUT2D eigenvalue weighted by Crippen LogP contribution is 2.58. The Bertz CT molecular complexity index is 1100. The Morgan fingerprint density at radius 3 is 2.72 bits per heavy atom. The summed E-state index contributed by atoms with van der Waals surface area (Å²) >= 11 is 0. The first kappa shape index (κ1) is 24.9. The number of nitrogens with two attached hydrogens (primary N) is 1. The molecule has 0 saturated carbocycles. The van der Waals surface area contributed by atoms with Gasteiger partial charge in [-0.15, -0.1) is 0 Å². The van der Waals surface area contributed by atoms with Crippen molar-refractivity contribution in [2.45, 2.75) is 24.5 Å². The number of hydrogen-bond acceptors (Lipinski definition) is 12. The topological polar surface area (TPSA) is 231 Å². The van der Waals surface area contributed by atoms with Gasteiger partial charge in [0.05, 0.1) is 26.1 Å². The van der Waals surface area contributed by atoms with Gasteiger partial charge in [0, 0.05) is 13.8 Å². The second-order valence-corrected chi connectivity index (χ2v) is 10.3. The van der Waals surface area contributed by atoms with Crippen molar-refractivity contribution in [2.24, 2.45) is 0 Å². The van der Waals surface area contributed by atoms with E-state index in [-0.39, 0.29) is 30.3 Å². The Kier molecular flexibility index (Phi) is 7.51. The van der Waals surface area contributed by atoms with Gasteiger partial charge in [-0.25, -0.2) is 13.9 Å². The third-order valence-corrected chi connectivity index (χ3v) is 6.80. The van der Waals surface area contributed by atoms with E-state index in [0.29, 0.717) is 6.66 Å². The molecule has 32 heavy (non-hydrogen) atoms. The SMILES string of the molecule is COCCOC1[C@@H](O)[C@@H](COP(=O)(O)OP(C)(=O)O)O[C@H]1n1cnc2c(=O)[nH]c(N)nc21. The van der Waals surface area contributed by atoms with Crippen LogP contribution in [0.25, 0.3) is 11.2 Å². The number of imidazole rings is 1. The number of aliphatic hydroxyl groups excluding tert-OH is 1. The number of hydrogen-bond donors (Lipinski definition) is 5. The number of aromatic amines is 1. The molecule has 3 heterocycles. The number of nitrogens with zero attached hydrogens (tertiary/aromatic N) is 3. The van der Waals surface area contributed by atoms with Crippen molar-refractivity contribution in [3.63, 3.8) is 0 Å². The van der Waals surface area contributed by atoms with Gasteiger partial charge in [-0.05, 0) is 0 Å². The minimum Gasteiger partial charge on any atom is -0.387 e. The summed E-state index contributed by atoms with van der Waals surface area (Å²) in [5, 5.41) is 10.7. The molecule has 2 aromatic rings. The van der Waals surface area contributed by atoms with Crippen LogP contribution in [-0.2, 0) is 32.2 Å². The fourth-order valence-electron chi connectivity index (χ4n) is 3.04. The summed E-state index contributed by atoms with van der Waals surface area (Å²) in [6.45, 7) is 0.257. The molecule has 3 rings (SSSR count). The molecule has 1 saturated heterocycles. The average Bonchev–Trinajstić information content (AvgIpc) is 3.20. The Labute approximate surface area is 180 Å². The monoisotopic (exact) mass is 499 g/mol. The zero-order valence-electron chi connectivity index (χ0n) is 16.9. The number of nitrogen functional groups attached to an aromatic ring is 1. The number of H-pyrrole nitrogens is 1. The number of methoxy groups -OCH3 is 1. The maximum Gasteiger partial charge on any atom is 0.479 e. The summed E-state index contributed by atoms with van der Waals surface area (Å²) in [7, 11) is -7.81. The molecule has 18 heteroatoms. The summed E-state index contributed by atoms with van der Waals surface area (Å²) in [5.74, 6) is -0.175. The van der Waals surface area contributed by atoms with Crippen LogP contribution < -0.4 is 11.3 Å². The molecule has 0 aliphatic carbocycles. The number of fused-ring (bicyclic) bond motifs is 1. The van der Waals surface area contributed by atoms with Crippen LogP contribution in [0.5, 0.6) is 0 Å². The molecular formula is C14H23N5O11P2. The van der Waals surface area contributed by atoms with E-state index in [1.165, 1.54) is 18.0 Å². The van der Waals surface area contributed by atoms with Crippen LogP contribution in [0.4, 0.5) is 5.95 Å². The Hall–Kier alpha value is -1.71. The highest BCUT2D eigenvalue weighted by atomic mass is 31.3. The third kappa shape index (κ3) is 5.80. The molecule has 1 aliphatic rings. The van der Waals surface area contributed by atoms with E-state index in [1.54, 1.807) is 0 Å². The molecular weight excluding hydrogens is 476 g/mol. The molecule has 0 aromatic carbocycles. The van der Waals surface area contributed by atoms with Gasteiger partial charge in [0.15, 0.2) is 17.4 Å². The second kappa shape index (κ2) is 9.65. The van der Waals surface area contributed by atoms with Gasteiger partial charge in [0.25, 0.3) is 5.56 Å². The average molecular weight is 499 g/mol. The minimum atomic E-state index is -4.93. The van der Waals surface area contributed by atoms with Gasteiger partial charge in [-0.2, -0.15) is 4.98 Å². The molecule has 2 aromatic heterocycles. The van der Waals surface area contributed by atoms with Crippen LogP contribution in [0.15, 0.2) is 11.1 Å². The summed E-state index contributed by atoms with van der Waals surface area (Å²) in [6.07, 6.45) is -3.55. The number of nitrogens with one attached hydrogen (secondary N) is 1. The lowest BCUT2D eigenvalue weighted by Crippen LogP contribution is -2.36. The first-order chi connectivity index (χ1) is 14.9. The molecule has 180 valence electrons. The van der Waals surface area contributed by atoms with E-state index in [4.69, 9.17) is 29.4 Å². The Morgan fingerprint density at radius 1 is 1.34 bits per heavy atom. The van der Waals surface area contributed by atoms with E-state index < -0.39 is 52.1 Å². The van der Waals surface area contributed by atoms with E-state index in [1.807, 2.05) is 0 Å². The minimum absolute atomic E-state index is 0.0393. The predicted octanol–water partition coefficient (Wildman–Crippen LogP) is -1.06. The zero-order valence-corrected chi connectivity index (χ0v) is 18.7. The van der Waals surface area contributed by atoms with Crippen molar-refractivity contribution in [3.8, 4) is 0 Å². The quantitative estimate of drug-likeness (QED) is 0.194. The molecule has 3 unspecified atom stereocenters. The van der Waals surface area contributed by atoms with Crippen molar-refractivity contribution in [1.82, 2.24) is 19.5 Å². The number of phosphoric acid groups is 1. The smallest absolute Gasteiger partial charge is 0.387 e. The van der Waals surface area contributed by atoms with Crippen LogP contribution >= 0.6 is 15.4 Å². The maximum absolute atomic E-state index is 12.1. The molecule has 0 bridgehead atoms. The van der Waals surface area contributed by atoms with E-state index in [0.717, 1.165) is 0 Å². The van der Waals surface area contributed by atoms with Crippen molar-refractivity contribution in [2.75, 3.05) is 39.3 Å². The lowest BCUT2D eigenvalue weighted by molar-refractivity contribution is -0.0783. The second-order valence-electron chi connectivity index (χ2n) is 6.81. The van der Waals surface area contributed by atoms with Crippen LogP contribution in [0.2, 0.25) is 0 Å². The van der Waals surface area contributed by atoms with Gasteiger partial charge in [0.1, 0.15) is 18.3 Å². The van der Waals surface area contributed by atoms with E-state index in [9.17, 15) is 23.9 Å². The van der Waals surface area contributed by atoms with Gasteiger partial charge in [0.2, 0.25) is 5.95 Å². The van der Waals surface area contributed by atoms with Crippen molar-refractivity contribution in [3.05, 3.63) is 16.7 Å². The van der Waals surface area contributed by atoms with Crippen LogP contribution in [-0.4, -0.2) is 86.3 Å². The van der Waals surface area contributed by atoms with Gasteiger partial charge in [-0.3, -0.25) is 23.4 Å². The Balaban J connectivity index is 1.85. The fourth-order valence-corrected chi connectivity index (χ4v) is 5.09. The number of ether oxygens (including phenoxy) is 3. The van der Waals surface area contributed by atoms with Gasteiger partial charge in [-0.1, -0.05) is 0 Å². The number of phosphoric ester groups is 1. The first-order valence-electron chi connectivity index (χ1n) is 9.07. The van der Waals surface area contributed by atoms with Crippen LogP contribution in [0, 0.1) is 0 Å². The molecule has 1 fully saturated rings. The van der Waals surface area contributed by atoms with E-state index >= 15 is 0 Å².